The van der Waals surface area contributed by atoms with E-state index in [4.69, 9.17) is 5.11 Å². The van der Waals surface area contributed by atoms with Crippen LogP contribution in [0.25, 0.3) is 0 Å². The molecule has 0 heterocycles. The number of likely N-dealkylation sites (N-methyl/N-ethyl adjacent to an activating group) is 2. The second kappa shape index (κ2) is 8.46. The van der Waals surface area contributed by atoms with Crippen LogP contribution in [0.3, 0.4) is 0 Å². The van der Waals surface area contributed by atoms with Crippen molar-refractivity contribution in [3.63, 3.8) is 0 Å². The lowest BCUT2D eigenvalue weighted by Crippen LogP contribution is -2.49. The smallest absolute Gasteiger partial charge is 0.327 e. The highest BCUT2D eigenvalue weighted by atomic mass is 16.4. The topological polar surface area (TPSA) is 98.7 Å². The van der Waals surface area contributed by atoms with Crippen molar-refractivity contribution in [3.05, 3.63) is 0 Å². The van der Waals surface area contributed by atoms with Crippen LogP contribution in [-0.2, 0) is 14.4 Å². The molecule has 2 amide bonds. The normalized spacial score (nSPS) is 12.0. The van der Waals surface area contributed by atoms with Gasteiger partial charge in [0.05, 0.1) is 6.54 Å². The molecule has 1 unspecified atom stereocenters. The van der Waals surface area contributed by atoms with Crippen LogP contribution in [-0.4, -0.2) is 60.0 Å². The SMILES string of the molecule is CCNC(=O)CN(CC)CC(NC(C)=O)C(=O)O. The Bertz CT molecular complexity index is 307. The number of amides is 2. The summed E-state index contributed by atoms with van der Waals surface area (Å²) in [6.07, 6.45) is 0. The molecule has 0 aliphatic rings. The number of hydrogen-bond donors (Lipinski definition) is 3. The third-order valence-electron chi connectivity index (χ3n) is 2.30. The molecule has 0 spiro atoms. The average Bonchev–Trinajstić information content (AvgIpc) is 2.26. The molecule has 1 atom stereocenters. The summed E-state index contributed by atoms with van der Waals surface area (Å²) in [7, 11) is 0. The lowest BCUT2D eigenvalue weighted by atomic mass is 10.2. The molecule has 0 saturated carbocycles. The molecule has 104 valence electrons. The number of carbonyl (C=O) groups excluding carboxylic acids is 2. The maximum atomic E-state index is 11.4. The monoisotopic (exact) mass is 259 g/mol. The average molecular weight is 259 g/mol. The van der Waals surface area contributed by atoms with Gasteiger partial charge in [0.25, 0.3) is 0 Å². The van der Waals surface area contributed by atoms with Crippen molar-refractivity contribution in [3.8, 4) is 0 Å². The molecule has 0 aliphatic carbocycles. The number of nitrogens with zero attached hydrogens (tertiary/aromatic N) is 1. The number of carboxylic acids is 1. The molecule has 0 saturated heterocycles. The Labute approximate surface area is 107 Å². The third kappa shape index (κ3) is 6.85. The number of aliphatic carboxylic acids is 1. The van der Waals surface area contributed by atoms with Gasteiger partial charge in [0.15, 0.2) is 0 Å². The minimum Gasteiger partial charge on any atom is -0.480 e. The highest BCUT2D eigenvalue weighted by Crippen LogP contribution is 1.94. The van der Waals surface area contributed by atoms with E-state index in [0.29, 0.717) is 13.1 Å². The minimum absolute atomic E-state index is 0.0997. The summed E-state index contributed by atoms with van der Waals surface area (Å²) in [5.74, 6) is -1.68. The predicted octanol–water partition coefficient (Wildman–Crippen LogP) is -0.966. The molecule has 0 bridgehead atoms. The fourth-order valence-electron chi connectivity index (χ4n) is 1.45. The van der Waals surface area contributed by atoms with Crippen LogP contribution in [0.1, 0.15) is 20.8 Å². The molecule has 3 N–H and O–H groups in total. The van der Waals surface area contributed by atoms with Crippen LogP contribution >= 0.6 is 0 Å². The molecule has 0 radical (unpaired) electrons. The van der Waals surface area contributed by atoms with E-state index in [-0.39, 0.29) is 19.0 Å². The lowest BCUT2D eigenvalue weighted by Gasteiger charge is -2.23. The fourth-order valence-corrected chi connectivity index (χ4v) is 1.45. The summed E-state index contributed by atoms with van der Waals surface area (Å²) in [6, 6.07) is -1.00. The van der Waals surface area contributed by atoms with E-state index in [9.17, 15) is 14.4 Å². The molecule has 0 aromatic rings. The summed E-state index contributed by atoms with van der Waals surface area (Å²) >= 11 is 0. The van der Waals surface area contributed by atoms with E-state index in [0.717, 1.165) is 0 Å². The van der Waals surface area contributed by atoms with Gasteiger partial charge in [0.1, 0.15) is 6.04 Å². The number of rotatable bonds is 8. The van der Waals surface area contributed by atoms with Crippen LogP contribution in [0.15, 0.2) is 0 Å². The Hall–Kier alpha value is -1.63. The first-order chi connectivity index (χ1) is 8.40. The molecule has 0 fully saturated rings. The van der Waals surface area contributed by atoms with Gasteiger partial charge < -0.3 is 15.7 Å². The highest BCUT2D eigenvalue weighted by molar-refractivity contribution is 5.82. The zero-order valence-corrected chi connectivity index (χ0v) is 11.0. The van der Waals surface area contributed by atoms with E-state index in [1.165, 1.54) is 6.92 Å². The van der Waals surface area contributed by atoms with Crippen molar-refractivity contribution < 1.29 is 19.5 Å². The van der Waals surface area contributed by atoms with E-state index >= 15 is 0 Å². The number of carbonyl (C=O) groups is 3. The maximum Gasteiger partial charge on any atom is 0.327 e. The molecular formula is C11H21N3O4. The Balaban J connectivity index is 4.41. The molecule has 0 aromatic carbocycles. The van der Waals surface area contributed by atoms with Gasteiger partial charge in [-0.2, -0.15) is 0 Å². The number of hydrogen-bond acceptors (Lipinski definition) is 4. The van der Waals surface area contributed by atoms with Crippen molar-refractivity contribution in [2.45, 2.75) is 26.8 Å². The third-order valence-corrected chi connectivity index (χ3v) is 2.30. The predicted molar refractivity (Wildman–Crippen MR) is 66.0 cm³/mol. The van der Waals surface area contributed by atoms with E-state index in [1.807, 2.05) is 13.8 Å². The summed E-state index contributed by atoms with van der Waals surface area (Å²) in [6.45, 7) is 6.18. The Kier molecular flexibility index (Phi) is 7.69. The summed E-state index contributed by atoms with van der Waals surface area (Å²) in [4.78, 5) is 34.9. The van der Waals surface area contributed by atoms with Gasteiger partial charge in [0.2, 0.25) is 11.8 Å². The van der Waals surface area contributed by atoms with Gasteiger partial charge in [-0.1, -0.05) is 6.92 Å². The molecule has 0 rings (SSSR count). The largest absolute Gasteiger partial charge is 0.480 e. The zero-order chi connectivity index (χ0) is 14.1. The van der Waals surface area contributed by atoms with Crippen molar-refractivity contribution in [2.24, 2.45) is 0 Å². The van der Waals surface area contributed by atoms with Crippen LogP contribution in [0.5, 0.6) is 0 Å². The Morgan fingerprint density at radius 3 is 2.28 bits per heavy atom. The molecular weight excluding hydrogens is 238 g/mol. The minimum atomic E-state index is -1.11. The van der Waals surface area contributed by atoms with Crippen molar-refractivity contribution in [2.75, 3.05) is 26.2 Å². The zero-order valence-electron chi connectivity index (χ0n) is 11.0. The molecule has 7 heteroatoms. The summed E-state index contributed by atoms with van der Waals surface area (Å²) in [5, 5.41) is 13.9. The second-order valence-corrected chi connectivity index (χ2v) is 3.87. The first kappa shape index (κ1) is 16.4. The summed E-state index contributed by atoms with van der Waals surface area (Å²) < 4.78 is 0. The van der Waals surface area contributed by atoms with Gasteiger partial charge in [-0.15, -0.1) is 0 Å². The first-order valence-corrected chi connectivity index (χ1v) is 5.89. The van der Waals surface area contributed by atoms with Crippen molar-refractivity contribution in [1.29, 1.82) is 0 Å². The van der Waals surface area contributed by atoms with Crippen LogP contribution in [0.4, 0.5) is 0 Å². The number of carboxylic acid groups (broad SMARTS) is 1. The van der Waals surface area contributed by atoms with Crippen LogP contribution < -0.4 is 10.6 Å². The Morgan fingerprint density at radius 1 is 1.28 bits per heavy atom. The van der Waals surface area contributed by atoms with E-state index < -0.39 is 17.9 Å². The fraction of sp³-hybridized carbons (Fsp3) is 0.727. The van der Waals surface area contributed by atoms with Gasteiger partial charge >= 0.3 is 5.97 Å². The molecule has 7 nitrogen and oxygen atoms in total. The van der Waals surface area contributed by atoms with Crippen LogP contribution in [0.2, 0.25) is 0 Å². The van der Waals surface area contributed by atoms with Crippen LogP contribution in [0, 0.1) is 0 Å². The summed E-state index contributed by atoms with van der Waals surface area (Å²) in [5.41, 5.74) is 0. The molecule has 0 aromatic heterocycles. The standard InChI is InChI=1S/C11H21N3O4/c1-4-12-10(16)7-14(5-2)6-9(11(17)18)13-8(3)15/h9H,4-7H2,1-3H3,(H,12,16)(H,13,15)(H,17,18). The molecule has 18 heavy (non-hydrogen) atoms. The Morgan fingerprint density at radius 2 is 1.89 bits per heavy atom. The highest BCUT2D eigenvalue weighted by Gasteiger charge is 2.22. The van der Waals surface area contributed by atoms with Crippen molar-refractivity contribution in [1.82, 2.24) is 15.5 Å². The van der Waals surface area contributed by atoms with Gasteiger partial charge in [-0.05, 0) is 13.5 Å². The quantitative estimate of drug-likeness (QED) is 0.521. The van der Waals surface area contributed by atoms with Crippen molar-refractivity contribution >= 4 is 17.8 Å². The molecule has 0 aliphatic heterocycles. The lowest BCUT2D eigenvalue weighted by molar-refractivity contribution is -0.142. The first-order valence-electron chi connectivity index (χ1n) is 5.89. The maximum absolute atomic E-state index is 11.4. The van der Waals surface area contributed by atoms with Gasteiger partial charge in [-0.25, -0.2) is 4.79 Å². The van der Waals surface area contributed by atoms with Gasteiger partial charge in [-0.3, -0.25) is 14.5 Å². The van der Waals surface area contributed by atoms with E-state index in [1.54, 1.807) is 4.90 Å². The van der Waals surface area contributed by atoms with E-state index in [2.05, 4.69) is 10.6 Å². The second-order valence-electron chi connectivity index (χ2n) is 3.87. The van der Waals surface area contributed by atoms with Gasteiger partial charge in [0, 0.05) is 20.0 Å². The number of nitrogens with one attached hydrogen (secondary N) is 2.